The molecule has 1 fully saturated rings. The molecule has 1 saturated heterocycles. The summed E-state index contributed by atoms with van der Waals surface area (Å²) in [6.45, 7) is 4.75. The van der Waals surface area contributed by atoms with E-state index in [2.05, 4.69) is 20.4 Å². The van der Waals surface area contributed by atoms with E-state index in [0.29, 0.717) is 35.5 Å². The second kappa shape index (κ2) is 12.0. The first-order valence-corrected chi connectivity index (χ1v) is 13.6. The summed E-state index contributed by atoms with van der Waals surface area (Å²) in [4.78, 5) is 29.4. The van der Waals surface area contributed by atoms with Gasteiger partial charge in [0, 0.05) is 48.7 Å². The van der Waals surface area contributed by atoms with Crippen LogP contribution in [0, 0.1) is 6.92 Å². The number of aryl methyl sites for hydroxylation is 1. The fourth-order valence-electron chi connectivity index (χ4n) is 4.33. The van der Waals surface area contributed by atoms with E-state index in [0.717, 1.165) is 35.7 Å². The number of benzene rings is 3. The molecule has 3 aromatic carbocycles. The van der Waals surface area contributed by atoms with Gasteiger partial charge in [-0.1, -0.05) is 29.5 Å². The molecule has 0 unspecified atom stereocenters. The number of rotatable bonds is 8. The fraction of sp³-hybridized carbons (Fsp3) is 0.241. The highest BCUT2D eigenvalue weighted by Gasteiger charge is 2.22. The van der Waals surface area contributed by atoms with Crippen molar-refractivity contribution in [3.8, 4) is 17.2 Å². The number of nitrogens with one attached hydrogen (secondary N) is 1. The number of carbonyl (C=O) groups excluding carboxylic acids is 2. The Hall–Kier alpha value is -4.31. The van der Waals surface area contributed by atoms with E-state index in [1.807, 2.05) is 60.4 Å². The Balaban J connectivity index is 1.08. The summed E-state index contributed by atoms with van der Waals surface area (Å²) in [7, 11) is 1.61. The molecule has 200 valence electrons. The molecule has 0 atom stereocenters. The number of methoxy groups -OCH3 is 1. The summed E-state index contributed by atoms with van der Waals surface area (Å²) in [6.07, 6.45) is 0. The van der Waals surface area contributed by atoms with E-state index < -0.39 is 0 Å². The normalized spacial score (nSPS) is 13.3. The molecule has 5 rings (SSSR count). The van der Waals surface area contributed by atoms with Gasteiger partial charge in [0.1, 0.15) is 5.75 Å². The molecule has 4 aromatic rings. The number of amides is 2. The van der Waals surface area contributed by atoms with Gasteiger partial charge in [0.15, 0.2) is 0 Å². The molecule has 2 amide bonds. The summed E-state index contributed by atoms with van der Waals surface area (Å²) in [5, 5.41) is 11.4. The van der Waals surface area contributed by atoms with Crippen LogP contribution < -0.4 is 15.0 Å². The first-order chi connectivity index (χ1) is 19.0. The zero-order valence-electron chi connectivity index (χ0n) is 21.8. The van der Waals surface area contributed by atoms with E-state index in [1.165, 1.54) is 11.8 Å². The third-order valence-electron chi connectivity index (χ3n) is 6.42. The van der Waals surface area contributed by atoms with Gasteiger partial charge in [0.25, 0.3) is 11.1 Å². The number of hydrogen-bond acceptors (Lipinski definition) is 8. The Kier molecular flexibility index (Phi) is 8.12. The third-order valence-corrected chi connectivity index (χ3v) is 7.24. The third kappa shape index (κ3) is 6.58. The Labute approximate surface area is 231 Å². The highest BCUT2D eigenvalue weighted by atomic mass is 32.2. The van der Waals surface area contributed by atoms with E-state index in [-0.39, 0.29) is 17.6 Å². The lowest BCUT2D eigenvalue weighted by atomic mass is 10.1. The summed E-state index contributed by atoms with van der Waals surface area (Å²) < 4.78 is 10.9. The molecule has 0 radical (unpaired) electrons. The second-order valence-corrected chi connectivity index (χ2v) is 10.1. The summed E-state index contributed by atoms with van der Waals surface area (Å²) in [5.74, 6) is 1.19. The number of hydrogen-bond donors (Lipinski definition) is 1. The van der Waals surface area contributed by atoms with Crippen molar-refractivity contribution >= 4 is 35.0 Å². The lowest BCUT2D eigenvalue weighted by Crippen LogP contribution is -2.48. The summed E-state index contributed by atoms with van der Waals surface area (Å²) in [6, 6.07) is 22.7. The molecule has 0 spiro atoms. The lowest BCUT2D eigenvalue weighted by molar-refractivity contribution is -0.113. The number of aromatic nitrogens is 2. The minimum absolute atomic E-state index is 0.0279. The number of ether oxygens (including phenoxy) is 1. The van der Waals surface area contributed by atoms with Crippen LogP contribution in [0.1, 0.15) is 15.9 Å². The Morgan fingerprint density at radius 3 is 2.41 bits per heavy atom. The van der Waals surface area contributed by atoms with Crippen LogP contribution >= 0.6 is 11.8 Å². The van der Waals surface area contributed by atoms with Crippen molar-refractivity contribution in [2.24, 2.45) is 0 Å². The minimum Gasteiger partial charge on any atom is -0.497 e. The number of carbonyl (C=O) groups is 2. The molecule has 1 aliphatic rings. The van der Waals surface area contributed by atoms with E-state index in [4.69, 9.17) is 9.15 Å². The van der Waals surface area contributed by atoms with Crippen LogP contribution in [0.25, 0.3) is 11.5 Å². The number of anilines is 2. The predicted molar refractivity (Wildman–Crippen MR) is 151 cm³/mol. The maximum absolute atomic E-state index is 12.8. The van der Waals surface area contributed by atoms with Crippen molar-refractivity contribution in [3.63, 3.8) is 0 Å². The van der Waals surface area contributed by atoms with Gasteiger partial charge in [-0.2, -0.15) is 0 Å². The molecule has 1 aromatic heterocycles. The Morgan fingerprint density at radius 2 is 1.72 bits per heavy atom. The van der Waals surface area contributed by atoms with Crippen molar-refractivity contribution in [1.82, 2.24) is 15.1 Å². The molecule has 10 heteroatoms. The molecule has 2 heterocycles. The van der Waals surface area contributed by atoms with Gasteiger partial charge in [-0.15, -0.1) is 10.2 Å². The molecule has 9 nitrogen and oxygen atoms in total. The molecule has 0 saturated carbocycles. The second-order valence-electron chi connectivity index (χ2n) is 9.13. The summed E-state index contributed by atoms with van der Waals surface area (Å²) >= 11 is 1.20. The first kappa shape index (κ1) is 26.3. The molecular weight excluding hydrogens is 514 g/mol. The standard InChI is InChI=1S/C29H29N5O4S/c1-20-4-3-5-22(18-20)27-31-32-29(38-27)39-19-26(35)30-23-8-10-24(11-9-23)33-14-16-34(17-15-33)28(36)21-6-12-25(37-2)13-7-21/h3-13,18H,14-17,19H2,1-2H3,(H,30,35). The van der Waals surface area contributed by atoms with Crippen LogP contribution in [-0.2, 0) is 4.79 Å². The van der Waals surface area contributed by atoms with Crippen LogP contribution in [0.2, 0.25) is 0 Å². The SMILES string of the molecule is COc1ccc(C(=O)N2CCN(c3ccc(NC(=O)CSc4nnc(-c5cccc(C)c5)o4)cc3)CC2)cc1. The molecule has 0 bridgehead atoms. The van der Waals surface area contributed by atoms with Crippen molar-refractivity contribution in [3.05, 3.63) is 83.9 Å². The van der Waals surface area contributed by atoms with Gasteiger partial charge in [0.2, 0.25) is 11.8 Å². The summed E-state index contributed by atoms with van der Waals surface area (Å²) in [5.41, 5.74) is 4.38. The quantitative estimate of drug-likeness (QED) is 0.318. The number of thioether (sulfide) groups is 1. The topological polar surface area (TPSA) is 101 Å². The zero-order valence-corrected chi connectivity index (χ0v) is 22.6. The first-order valence-electron chi connectivity index (χ1n) is 12.6. The van der Waals surface area contributed by atoms with Gasteiger partial charge in [-0.3, -0.25) is 9.59 Å². The highest BCUT2D eigenvalue weighted by molar-refractivity contribution is 7.99. The van der Waals surface area contributed by atoms with Gasteiger partial charge in [-0.05, 0) is 67.6 Å². The van der Waals surface area contributed by atoms with Crippen LogP contribution in [-0.4, -0.2) is 66.0 Å². The molecule has 1 aliphatic heterocycles. The van der Waals surface area contributed by atoms with Crippen molar-refractivity contribution in [1.29, 1.82) is 0 Å². The maximum Gasteiger partial charge on any atom is 0.277 e. The van der Waals surface area contributed by atoms with Crippen LogP contribution in [0.4, 0.5) is 11.4 Å². The fourth-order valence-corrected chi connectivity index (χ4v) is 4.89. The molecular formula is C29H29N5O4S. The number of piperazine rings is 1. The monoisotopic (exact) mass is 543 g/mol. The van der Waals surface area contributed by atoms with Gasteiger partial charge in [-0.25, -0.2) is 0 Å². The van der Waals surface area contributed by atoms with Crippen molar-refractivity contribution in [2.75, 3.05) is 49.3 Å². The molecule has 0 aliphatic carbocycles. The van der Waals surface area contributed by atoms with E-state index >= 15 is 0 Å². The molecule has 39 heavy (non-hydrogen) atoms. The largest absolute Gasteiger partial charge is 0.497 e. The van der Waals surface area contributed by atoms with Crippen molar-refractivity contribution in [2.45, 2.75) is 12.1 Å². The number of nitrogens with zero attached hydrogens (tertiary/aromatic N) is 4. The lowest BCUT2D eigenvalue weighted by Gasteiger charge is -2.36. The van der Waals surface area contributed by atoms with E-state index in [9.17, 15) is 9.59 Å². The Bertz CT molecular complexity index is 1430. The van der Waals surface area contributed by atoms with Gasteiger partial charge < -0.3 is 24.3 Å². The van der Waals surface area contributed by atoms with Gasteiger partial charge in [0.05, 0.1) is 12.9 Å². The average Bonchev–Trinajstić information content (AvgIpc) is 3.46. The van der Waals surface area contributed by atoms with Crippen LogP contribution in [0.15, 0.2) is 82.4 Å². The Morgan fingerprint density at radius 1 is 0.974 bits per heavy atom. The van der Waals surface area contributed by atoms with E-state index in [1.54, 1.807) is 31.4 Å². The van der Waals surface area contributed by atoms with Crippen molar-refractivity contribution < 1.29 is 18.7 Å². The average molecular weight is 544 g/mol. The highest BCUT2D eigenvalue weighted by Crippen LogP contribution is 2.25. The predicted octanol–water partition coefficient (Wildman–Crippen LogP) is 4.75. The smallest absolute Gasteiger partial charge is 0.277 e. The van der Waals surface area contributed by atoms with Crippen LogP contribution in [0.5, 0.6) is 5.75 Å². The van der Waals surface area contributed by atoms with Crippen LogP contribution in [0.3, 0.4) is 0 Å². The minimum atomic E-state index is -0.159. The zero-order chi connectivity index (χ0) is 27.2. The maximum atomic E-state index is 12.8. The van der Waals surface area contributed by atoms with Gasteiger partial charge >= 0.3 is 0 Å². The molecule has 1 N–H and O–H groups in total.